The molecule has 70 valence electrons. The third-order valence-electron chi connectivity index (χ3n) is 1.89. The van der Waals surface area contributed by atoms with Gasteiger partial charge in [-0.1, -0.05) is 30.3 Å². The van der Waals surface area contributed by atoms with Gasteiger partial charge in [-0.05, 0) is 18.4 Å². The number of carboxylic acids is 1. The van der Waals surface area contributed by atoms with Gasteiger partial charge in [-0.15, -0.1) is 0 Å². The average molecular weight is 201 g/mol. The van der Waals surface area contributed by atoms with Crippen LogP contribution in [-0.2, 0) is 11.2 Å². The van der Waals surface area contributed by atoms with Crippen molar-refractivity contribution in [3.8, 4) is 0 Å². The van der Waals surface area contributed by atoms with E-state index in [0.717, 1.165) is 5.56 Å². The minimum atomic E-state index is -1.18. The maximum Gasteiger partial charge on any atom is 1.00 e. The first-order valence-corrected chi connectivity index (χ1v) is 4.20. The van der Waals surface area contributed by atoms with Crippen LogP contribution in [-0.4, -0.2) is 12.0 Å². The number of carboxylic acid groups (broad SMARTS) is 1. The number of carbonyl (C=O) groups is 1. The van der Waals surface area contributed by atoms with Crippen molar-refractivity contribution < 1.29 is 39.5 Å². The van der Waals surface area contributed by atoms with Crippen molar-refractivity contribution in [2.45, 2.75) is 18.9 Å². The van der Waals surface area contributed by atoms with Gasteiger partial charge in [-0.25, -0.2) is 0 Å². The summed E-state index contributed by atoms with van der Waals surface area (Å²) in [5.41, 5.74) is 6.40. The van der Waals surface area contributed by atoms with Gasteiger partial charge in [0.15, 0.2) is 0 Å². The maximum atomic E-state index is 10.3. The fraction of sp³-hybridized carbons (Fsp3) is 0.300. The van der Waals surface area contributed by atoms with E-state index in [4.69, 9.17) is 5.73 Å². The Morgan fingerprint density at radius 1 is 1.36 bits per heavy atom. The molecular formula is C10H12NNaO2. The summed E-state index contributed by atoms with van der Waals surface area (Å²) in [5, 5.41) is 10.3. The van der Waals surface area contributed by atoms with E-state index in [9.17, 15) is 9.90 Å². The van der Waals surface area contributed by atoms with Crippen LogP contribution in [0, 0.1) is 0 Å². The molecule has 4 heteroatoms. The molecular weight excluding hydrogens is 189 g/mol. The largest absolute Gasteiger partial charge is 1.00 e. The number of hydrogen-bond acceptors (Lipinski definition) is 3. The Balaban J connectivity index is 0.00000169. The molecule has 0 radical (unpaired) electrons. The van der Waals surface area contributed by atoms with E-state index in [2.05, 4.69) is 0 Å². The molecule has 1 atom stereocenters. The molecule has 3 nitrogen and oxygen atoms in total. The molecule has 0 amide bonds. The topological polar surface area (TPSA) is 66.2 Å². The second-order valence-corrected chi connectivity index (χ2v) is 2.95. The monoisotopic (exact) mass is 201 g/mol. The van der Waals surface area contributed by atoms with E-state index in [1.165, 1.54) is 0 Å². The van der Waals surface area contributed by atoms with Crippen LogP contribution in [0.4, 0.5) is 0 Å². The summed E-state index contributed by atoms with van der Waals surface area (Å²) < 4.78 is 0. The zero-order valence-electron chi connectivity index (χ0n) is 8.27. The molecule has 0 aliphatic carbocycles. The maximum absolute atomic E-state index is 10.3. The van der Waals surface area contributed by atoms with Gasteiger partial charge in [0.2, 0.25) is 0 Å². The van der Waals surface area contributed by atoms with Crippen LogP contribution >= 0.6 is 0 Å². The molecule has 2 N–H and O–H groups in total. The Kier molecular flexibility index (Phi) is 6.83. The Hall–Kier alpha value is -0.350. The van der Waals surface area contributed by atoms with E-state index >= 15 is 0 Å². The number of benzene rings is 1. The Morgan fingerprint density at radius 3 is 2.43 bits per heavy atom. The predicted molar refractivity (Wildman–Crippen MR) is 47.7 cm³/mol. The van der Waals surface area contributed by atoms with Crippen LogP contribution in [0.5, 0.6) is 0 Å². The molecule has 0 aliphatic heterocycles. The van der Waals surface area contributed by atoms with Crippen molar-refractivity contribution in [3.05, 3.63) is 35.9 Å². The molecule has 14 heavy (non-hydrogen) atoms. The molecule has 0 saturated carbocycles. The molecule has 0 aromatic heterocycles. The van der Waals surface area contributed by atoms with Crippen LogP contribution in [0.3, 0.4) is 0 Å². The molecule has 0 saturated heterocycles. The molecule has 0 bridgehead atoms. The minimum absolute atomic E-state index is 0. The van der Waals surface area contributed by atoms with Crippen LogP contribution in [0.1, 0.15) is 12.0 Å². The SMILES string of the molecule is N[C@@H](CCc1ccccc1)C(=O)[O-].[Na+]. The van der Waals surface area contributed by atoms with Crippen LogP contribution < -0.4 is 40.4 Å². The van der Waals surface area contributed by atoms with Crippen LogP contribution in [0.25, 0.3) is 0 Å². The van der Waals surface area contributed by atoms with Crippen LogP contribution in [0.2, 0.25) is 0 Å². The summed E-state index contributed by atoms with van der Waals surface area (Å²) in [6.45, 7) is 0. The summed E-state index contributed by atoms with van der Waals surface area (Å²) in [6.07, 6.45) is 1.10. The van der Waals surface area contributed by atoms with Gasteiger partial charge in [-0.3, -0.25) is 0 Å². The molecule has 0 heterocycles. The molecule has 1 rings (SSSR count). The van der Waals surface area contributed by atoms with Crippen molar-refractivity contribution in [3.63, 3.8) is 0 Å². The standard InChI is InChI=1S/C10H13NO2.Na/c11-9(10(12)13)7-6-8-4-2-1-3-5-8;/h1-5,9H,6-7,11H2,(H,12,13);/q;+1/p-1/t9-;/m0./s1. The average Bonchev–Trinajstić information content (AvgIpc) is 2.15. The quantitative estimate of drug-likeness (QED) is 0.519. The number of aliphatic carboxylic acids is 1. The molecule has 0 unspecified atom stereocenters. The summed E-state index contributed by atoms with van der Waals surface area (Å²) in [4.78, 5) is 10.3. The molecule has 0 aliphatic rings. The van der Waals surface area contributed by atoms with Crippen molar-refractivity contribution in [2.24, 2.45) is 5.73 Å². The summed E-state index contributed by atoms with van der Waals surface area (Å²) in [7, 11) is 0. The first-order chi connectivity index (χ1) is 6.20. The summed E-state index contributed by atoms with van der Waals surface area (Å²) in [6, 6.07) is 8.78. The third kappa shape index (κ3) is 4.77. The fourth-order valence-electron chi connectivity index (χ4n) is 1.08. The van der Waals surface area contributed by atoms with E-state index < -0.39 is 12.0 Å². The zero-order chi connectivity index (χ0) is 9.68. The zero-order valence-corrected chi connectivity index (χ0v) is 10.3. The van der Waals surface area contributed by atoms with Gasteiger partial charge in [-0.2, -0.15) is 0 Å². The van der Waals surface area contributed by atoms with Crippen molar-refractivity contribution in [1.29, 1.82) is 0 Å². The second-order valence-electron chi connectivity index (χ2n) is 2.95. The first kappa shape index (κ1) is 13.7. The summed E-state index contributed by atoms with van der Waals surface area (Å²) in [5.74, 6) is -1.18. The number of aryl methyl sites for hydroxylation is 1. The van der Waals surface area contributed by atoms with E-state index in [0.29, 0.717) is 12.8 Å². The Bertz CT molecular complexity index is 277. The number of hydrogen-bond donors (Lipinski definition) is 1. The molecule has 0 fully saturated rings. The van der Waals surface area contributed by atoms with E-state index in [1.807, 2.05) is 30.3 Å². The Morgan fingerprint density at radius 2 is 1.93 bits per heavy atom. The van der Waals surface area contributed by atoms with Gasteiger partial charge < -0.3 is 15.6 Å². The smallest absolute Gasteiger partial charge is 0.548 e. The third-order valence-corrected chi connectivity index (χ3v) is 1.89. The van der Waals surface area contributed by atoms with Crippen molar-refractivity contribution >= 4 is 5.97 Å². The normalized spacial score (nSPS) is 11.5. The number of rotatable bonds is 4. The number of carbonyl (C=O) groups excluding carboxylic acids is 1. The van der Waals surface area contributed by atoms with Crippen molar-refractivity contribution in [2.75, 3.05) is 0 Å². The first-order valence-electron chi connectivity index (χ1n) is 4.20. The van der Waals surface area contributed by atoms with E-state index in [-0.39, 0.29) is 29.6 Å². The fourth-order valence-corrected chi connectivity index (χ4v) is 1.08. The van der Waals surface area contributed by atoms with Gasteiger partial charge in [0, 0.05) is 6.04 Å². The molecule has 1 aromatic carbocycles. The van der Waals surface area contributed by atoms with Gasteiger partial charge in [0.1, 0.15) is 0 Å². The minimum Gasteiger partial charge on any atom is -0.548 e. The second kappa shape index (κ2) is 7.01. The van der Waals surface area contributed by atoms with Gasteiger partial charge in [0.05, 0.1) is 5.97 Å². The van der Waals surface area contributed by atoms with Gasteiger partial charge >= 0.3 is 29.6 Å². The van der Waals surface area contributed by atoms with Crippen molar-refractivity contribution in [1.82, 2.24) is 0 Å². The Labute approximate surface area is 106 Å². The molecule has 0 spiro atoms. The summed E-state index contributed by atoms with van der Waals surface area (Å²) >= 11 is 0. The molecule has 1 aromatic rings. The predicted octanol–water partition coefficient (Wildman–Crippen LogP) is -3.30. The van der Waals surface area contributed by atoms with Crippen LogP contribution in [0.15, 0.2) is 30.3 Å². The van der Waals surface area contributed by atoms with Gasteiger partial charge in [0.25, 0.3) is 0 Å². The number of nitrogens with two attached hydrogens (primary N) is 1. The van der Waals surface area contributed by atoms with E-state index in [1.54, 1.807) is 0 Å².